The molecule has 0 unspecified atom stereocenters. The van der Waals surface area contributed by atoms with E-state index in [1.165, 1.54) is 11.3 Å². The summed E-state index contributed by atoms with van der Waals surface area (Å²) < 4.78 is 25.9. The molecule has 0 amide bonds. The summed E-state index contributed by atoms with van der Waals surface area (Å²) >= 11 is 1.29. The second kappa shape index (κ2) is 4.07. The quantitative estimate of drug-likeness (QED) is 0.840. The van der Waals surface area contributed by atoms with Gasteiger partial charge in [-0.05, 0) is 25.0 Å². The Kier molecular flexibility index (Phi) is 2.67. The molecule has 1 aromatic carbocycles. The van der Waals surface area contributed by atoms with Crippen LogP contribution >= 0.6 is 11.3 Å². The van der Waals surface area contributed by atoms with Crippen molar-refractivity contribution in [1.82, 2.24) is 4.98 Å². The molecule has 0 saturated heterocycles. The Labute approximate surface area is 104 Å². The second-order valence-electron chi connectivity index (χ2n) is 4.40. The Morgan fingerprint density at radius 3 is 2.59 bits per heavy atom. The maximum absolute atomic E-state index is 12.4. The molecule has 0 aliphatic heterocycles. The highest BCUT2D eigenvalue weighted by Gasteiger charge is 2.32. The van der Waals surface area contributed by atoms with E-state index in [9.17, 15) is 8.42 Å². The van der Waals surface area contributed by atoms with Gasteiger partial charge in [0.1, 0.15) is 0 Å². The zero-order chi connectivity index (χ0) is 11.9. The lowest BCUT2D eigenvalue weighted by Gasteiger charge is -2.06. The zero-order valence-corrected chi connectivity index (χ0v) is 10.9. The average Bonchev–Trinajstić information content (AvgIpc) is 2.98. The van der Waals surface area contributed by atoms with E-state index in [4.69, 9.17) is 0 Å². The number of nitrogens with zero attached hydrogens (tertiary/aromatic N) is 1. The number of hydrogen-bond acceptors (Lipinski definition) is 4. The van der Waals surface area contributed by atoms with Crippen LogP contribution in [0, 0.1) is 0 Å². The van der Waals surface area contributed by atoms with Crippen molar-refractivity contribution < 1.29 is 8.42 Å². The van der Waals surface area contributed by atoms with Crippen molar-refractivity contribution in [2.24, 2.45) is 0 Å². The Hall–Kier alpha value is -0.940. The minimum atomic E-state index is -3.19. The van der Waals surface area contributed by atoms with Gasteiger partial charge in [0.05, 0.1) is 15.5 Å². The lowest BCUT2D eigenvalue weighted by molar-refractivity contribution is 0.579. The first-order chi connectivity index (χ1) is 8.18. The molecule has 1 aliphatic rings. The SMILES string of the molecule is O=S(=O)(c1nc2ccccc2s1)C1CCCC1. The van der Waals surface area contributed by atoms with Gasteiger partial charge in [0.25, 0.3) is 0 Å². The van der Waals surface area contributed by atoms with E-state index in [0.717, 1.165) is 35.9 Å². The van der Waals surface area contributed by atoms with Crippen molar-refractivity contribution in [3.05, 3.63) is 24.3 Å². The Morgan fingerprint density at radius 1 is 1.18 bits per heavy atom. The number of thiazole rings is 1. The summed E-state index contributed by atoms with van der Waals surface area (Å²) in [5.74, 6) is 0. The average molecular weight is 267 g/mol. The van der Waals surface area contributed by atoms with Crippen LogP contribution in [0.1, 0.15) is 25.7 Å². The van der Waals surface area contributed by atoms with Crippen molar-refractivity contribution in [3.63, 3.8) is 0 Å². The van der Waals surface area contributed by atoms with Crippen LogP contribution in [-0.4, -0.2) is 18.7 Å². The van der Waals surface area contributed by atoms with Gasteiger partial charge in [-0.25, -0.2) is 13.4 Å². The minimum absolute atomic E-state index is 0.205. The maximum Gasteiger partial charge on any atom is 0.210 e. The molecule has 5 heteroatoms. The molecule has 2 aromatic rings. The van der Waals surface area contributed by atoms with E-state index in [1.807, 2.05) is 24.3 Å². The molecule has 1 saturated carbocycles. The summed E-state index contributed by atoms with van der Waals surface area (Å²) in [7, 11) is -3.19. The standard InChI is InChI=1S/C12H13NO2S2/c14-17(15,9-5-1-2-6-9)12-13-10-7-3-4-8-11(10)16-12/h3-4,7-9H,1-2,5-6H2. The van der Waals surface area contributed by atoms with E-state index >= 15 is 0 Å². The van der Waals surface area contributed by atoms with Gasteiger partial charge in [0.2, 0.25) is 14.2 Å². The van der Waals surface area contributed by atoms with Crippen LogP contribution in [0.3, 0.4) is 0 Å². The molecule has 1 heterocycles. The van der Waals surface area contributed by atoms with E-state index < -0.39 is 9.84 Å². The molecular weight excluding hydrogens is 254 g/mol. The third-order valence-electron chi connectivity index (χ3n) is 3.26. The fourth-order valence-corrected chi connectivity index (χ4v) is 5.62. The molecule has 1 fully saturated rings. The van der Waals surface area contributed by atoms with Crippen LogP contribution in [0.25, 0.3) is 10.2 Å². The molecule has 0 radical (unpaired) electrons. The fraction of sp³-hybridized carbons (Fsp3) is 0.417. The smallest absolute Gasteiger partial charge is 0.210 e. The number of aromatic nitrogens is 1. The first-order valence-electron chi connectivity index (χ1n) is 5.77. The van der Waals surface area contributed by atoms with Gasteiger partial charge < -0.3 is 0 Å². The highest BCUT2D eigenvalue weighted by molar-refractivity contribution is 7.94. The molecule has 3 rings (SSSR count). The van der Waals surface area contributed by atoms with Crippen LogP contribution < -0.4 is 0 Å². The molecule has 90 valence electrons. The first kappa shape index (κ1) is 11.2. The van der Waals surface area contributed by atoms with Gasteiger partial charge in [-0.15, -0.1) is 11.3 Å². The maximum atomic E-state index is 12.4. The molecule has 0 bridgehead atoms. The number of rotatable bonds is 2. The summed E-state index contributed by atoms with van der Waals surface area (Å²) in [5.41, 5.74) is 0.786. The summed E-state index contributed by atoms with van der Waals surface area (Å²) in [6, 6.07) is 7.57. The molecule has 1 aromatic heterocycles. The van der Waals surface area contributed by atoms with Crippen LogP contribution in [0.4, 0.5) is 0 Å². The lowest BCUT2D eigenvalue weighted by Crippen LogP contribution is -2.17. The van der Waals surface area contributed by atoms with Gasteiger partial charge in [-0.3, -0.25) is 0 Å². The van der Waals surface area contributed by atoms with Gasteiger partial charge in [0.15, 0.2) is 0 Å². The van der Waals surface area contributed by atoms with E-state index in [2.05, 4.69) is 4.98 Å². The van der Waals surface area contributed by atoms with Crippen LogP contribution in [0.5, 0.6) is 0 Å². The van der Waals surface area contributed by atoms with Crippen molar-refractivity contribution in [2.75, 3.05) is 0 Å². The Balaban J connectivity index is 2.08. The molecule has 1 aliphatic carbocycles. The Bertz CT molecular complexity index is 606. The van der Waals surface area contributed by atoms with Gasteiger partial charge >= 0.3 is 0 Å². The largest absolute Gasteiger partial charge is 0.225 e. The Morgan fingerprint density at radius 2 is 1.88 bits per heavy atom. The van der Waals surface area contributed by atoms with E-state index in [-0.39, 0.29) is 5.25 Å². The van der Waals surface area contributed by atoms with Crippen molar-refractivity contribution >= 4 is 31.4 Å². The van der Waals surface area contributed by atoms with Crippen LogP contribution in [0.15, 0.2) is 28.6 Å². The van der Waals surface area contributed by atoms with Crippen molar-refractivity contribution in [3.8, 4) is 0 Å². The highest BCUT2D eigenvalue weighted by Crippen LogP contribution is 2.33. The highest BCUT2D eigenvalue weighted by atomic mass is 32.2. The molecular formula is C12H13NO2S2. The fourth-order valence-electron chi connectivity index (χ4n) is 2.31. The normalized spacial score (nSPS) is 17.9. The van der Waals surface area contributed by atoms with Gasteiger partial charge in [0, 0.05) is 0 Å². The molecule has 3 nitrogen and oxygen atoms in total. The number of benzene rings is 1. The van der Waals surface area contributed by atoms with E-state index in [1.54, 1.807) is 0 Å². The number of fused-ring (bicyclic) bond motifs is 1. The van der Waals surface area contributed by atoms with E-state index in [0.29, 0.717) is 4.34 Å². The number of hydrogen-bond donors (Lipinski definition) is 0. The van der Waals surface area contributed by atoms with Gasteiger partial charge in [-0.2, -0.15) is 0 Å². The molecule has 17 heavy (non-hydrogen) atoms. The van der Waals surface area contributed by atoms with Crippen LogP contribution in [-0.2, 0) is 9.84 Å². The third kappa shape index (κ3) is 1.87. The lowest BCUT2D eigenvalue weighted by atomic mass is 10.3. The third-order valence-corrected chi connectivity index (χ3v) is 6.96. The predicted octanol–water partition coefficient (Wildman–Crippen LogP) is 3.01. The number of para-hydroxylation sites is 1. The van der Waals surface area contributed by atoms with Gasteiger partial charge in [-0.1, -0.05) is 25.0 Å². The molecule has 0 atom stereocenters. The monoisotopic (exact) mass is 267 g/mol. The first-order valence-corrected chi connectivity index (χ1v) is 8.14. The summed E-state index contributed by atoms with van der Waals surface area (Å²) in [4.78, 5) is 4.26. The topological polar surface area (TPSA) is 47.0 Å². The van der Waals surface area contributed by atoms with Crippen LogP contribution in [0.2, 0.25) is 0 Å². The van der Waals surface area contributed by atoms with Crippen molar-refractivity contribution in [2.45, 2.75) is 35.3 Å². The zero-order valence-electron chi connectivity index (χ0n) is 9.30. The molecule has 0 spiro atoms. The predicted molar refractivity (Wildman–Crippen MR) is 69.1 cm³/mol. The summed E-state index contributed by atoms with van der Waals surface area (Å²) in [5, 5.41) is -0.205. The second-order valence-corrected chi connectivity index (χ2v) is 7.83. The summed E-state index contributed by atoms with van der Waals surface area (Å²) in [6.07, 6.45) is 3.63. The minimum Gasteiger partial charge on any atom is -0.225 e. The molecule has 0 N–H and O–H groups in total. The van der Waals surface area contributed by atoms with Crippen molar-refractivity contribution in [1.29, 1.82) is 0 Å². The number of sulfone groups is 1. The summed E-state index contributed by atoms with van der Waals surface area (Å²) in [6.45, 7) is 0.